The lowest BCUT2D eigenvalue weighted by Crippen LogP contribution is -2.28. The van der Waals surface area contributed by atoms with Crippen LogP contribution in [0.25, 0.3) is 11.0 Å². The number of H-pyrrole nitrogens is 1. The molecule has 1 saturated heterocycles. The topological polar surface area (TPSA) is 57.9 Å². The molecule has 0 unspecified atom stereocenters. The Hall–Kier alpha value is -2.33. The molecule has 0 spiro atoms. The zero-order chi connectivity index (χ0) is 14.2. The number of nitrogens with one attached hydrogen (secondary N) is 1. The quantitative estimate of drug-likeness (QED) is 0.757. The van der Waals surface area contributed by atoms with Gasteiger partial charge in [-0.25, -0.2) is 4.98 Å². The first kappa shape index (κ1) is 12.4. The highest BCUT2D eigenvalue weighted by atomic mass is 15.2. The van der Waals surface area contributed by atoms with E-state index in [1.54, 1.807) is 0 Å². The number of anilines is 1. The first-order valence-electron chi connectivity index (χ1n) is 7.30. The van der Waals surface area contributed by atoms with E-state index in [1.807, 2.05) is 18.5 Å². The standard InChI is InChI=1S/C17H18N4/c18-15-11-21(10-14(15)12-4-2-1-3-5-12)16-7-9-20-17-13(16)6-8-19-17/h1-9,14-15H,10-11,18H2,(H,19,20)/t14-,15+/m0/s1. The largest absolute Gasteiger partial charge is 0.369 e. The third-order valence-electron chi connectivity index (χ3n) is 4.37. The monoisotopic (exact) mass is 278 g/mol. The van der Waals surface area contributed by atoms with Crippen LogP contribution in [0, 0.1) is 0 Å². The van der Waals surface area contributed by atoms with Crippen molar-refractivity contribution in [1.29, 1.82) is 0 Å². The number of aromatic amines is 1. The molecule has 3 aromatic rings. The van der Waals surface area contributed by atoms with Crippen LogP contribution in [-0.4, -0.2) is 29.1 Å². The molecule has 4 nitrogen and oxygen atoms in total. The molecule has 1 aliphatic rings. The van der Waals surface area contributed by atoms with Gasteiger partial charge in [-0.1, -0.05) is 30.3 Å². The van der Waals surface area contributed by atoms with Crippen molar-refractivity contribution in [2.45, 2.75) is 12.0 Å². The number of rotatable bonds is 2. The average molecular weight is 278 g/mol. The molecule has 1 aromatic carbocycles. The van der Waals surface area contributed by atoms with Crippen LogP contribution in [-0.2, 0) is 0 Å². The summed E-state index contributed by atoms with van der Waals surface area (Å²) in [5.74, 6) is 0.383. The summed E-state index contributed by atoms with van der Waals surface area (Å²) in [5.41, 5.74) is 9.87. The minimum absolute atomic E-state index is 0.162. The van der Waals surface area contributed by atoms with E-state index in [0.717, 1.165) is 18.7 Å². The summed E-state index contributed by atoms with van der Waals surface area (Å²) < 4.78 is 0. The summed E-state index contributed by atoms with van der Waals surface area (Å²) in [4.78, 5) is 9.90. The zero-order valence-electron chi connectivity index (χ0n) is 11.7. The van der Waals surface area contributed by atoms with Crippen molar-refractivity contribution in [1.82, 2.24) is 9.97 Å². The number of pyridine rings is 1. The van der Waals surface area contributed by atoms with Gasteiger partial charge < -0.3 is 15.6 Å². The van der Waals surface area contributed by atoms with E-state index in [0.29, 0.717) is 5.92 Å². The molecule has 3 heterocycles. The molecule has 0 saturated carbocycles. The van der Waals surface area contributed by atoms with Gasteiger partial charge >= 0.3 is 0 Å². The Morgan fingerprint density at radius 2 is 1.95 bits per heavy atom. The van der Waals surface area contributed by atoms with Crippen molar-refractivity contribution in [3.8, 4) is 0 Å². The van der Waals surface area contributed by atoms with Crippen LogP contribution in [0.1, 0.15) is 11.5 Å². The second-order valence-electron chi connectivity index (χ2n) is 5.66. The van der Waals surface area contributed by atoms with Crippen LogP contribution in [0.3, 0.4) is 0 Å². The van der Waals surface area contributed by atoms with Crippen molar-refractivity contribution in [3.63, 3.8) is 0 Å². The molecule has 0 radical (unpaired) electrons. The van der Waals surface area contributed by atoms with Gasteiger partial charge in [-0.2, -0.15) is 0 Å². The van der Waals surface area contributed by atoms with E-state index in [-0.39, 0.29) is 6.04 Å². The number of benzene rings is 1. The van der Waals surface area contributed by atoms with Gasteiger partial charge in [-0.05, 0) is 17.7 Å². The van der Waals surface area contributed by atoms with Crippen molar-refractivity contribution in [2.24, 2.45) is 5.73 Å². The van der Waals surface area contributed by atoms with Gasteiger partial charge in [0.25, 0.3) is 0 Å². The van der Waals surface area contributed by atoms with Crippen LogP contribution < -0.4 is 10.6 Å². The smallest absolute Gasteiger partial charge is 0.139 e. The Bertz CT molecular complexity index is 750. The molecule has 1 fully saturated rings. The normalized spacial score (nSPS) is 22.0. The number of nitrogens with zero attached hydrogens (tertiary/aromatic N) is 2. The molecule has 21 heavy (non-hydrogen) atoms. The highest BCUT2D eigenvalue weighted by molar-refractivity contribution is 5.89. The van der Waals surface area contributed by atoms with Crippen LogP contribution >= 0.6 is 0 Å². The number of nitrogens with two attached hydrogens (primary N) is 1. The number of hydrogen-bond acceptors (Lipinski definition) is 3. The number of hydrogen-bond donors (Lipinski definition) is 2. The molecular formula is C17H18N4. The van der Waals surface area contributed by atoms with Crippen LogP contribution in [0.4, 0.5) is 5.69 Å². The summed E-state index contributed by atoms with van der Waals surface area (Å²) >= 11 is 0. The molecule has 1 aliphatic heterocycles. The molecule has 4 rings (SSSR count). The van der Waals surface area contributed by atoms with Crippen LogP contribution in [0.15, 0.2) is 54.9 Å². The molecular weight excluding hydrogens is 260 g/mol. The summed E-state index contributed by atoms with van der Waals surface area (Å²) in [6, 6.07) is 14.9. The molecule has 2 atom stereocenters. The molecule has 0 aliphatic carbocycles. The fraction of sp³-hybridized carbons (Fsp3) is 0.235. The zero-order valence-corrected chi connectivity index (χ0v) is 11.7. The third-order valence-corrected chi connectivity index (χ3v) is 4.37. The van der Waals surface area contributed by atoms with E-state index < -0.39 is 0 Å². The lowest BCUT2D eigenvalue weighted by molar-refractivity contribution is 0.653. The Kier molecular flexibility index (Phi) is 2.89. The van der Waals surface area contributed by atoms with E-state index in [4.69, 9.17) is 5.73 Å². The second kappa shape index (κ2) is 4.90. The average Bonchev–Trinajstić information content (AvgIpc) is 3.14. The molecule has 3 N–H and O–H groups in total. The predicted molar refractivity (Wildman–Crippen MR) is 85.5 cm³/mol. The van der Waals surface area contributed by atoms with E-state index >= 15 is 0 Å². The minimum atomic E-state index is 0.162. The fourth-order valence-electron chi connectivity index (χ4n) is 3.30. The Labute approximate surface area is 123 Å². The SMILES string of the molecule is N[C@@H]1CN(c2ccnc3[nH]ccc23)C[C@H]1c1ccccc1. The lowest BCUT2D eigenvalue weighted by atomic mass is 9.95. The minimum Gasteiger partial charge on any atom is -0.369 e. The number of aromatic nitrogens is 2. The van der Waals surface area contributed by atoms with Crippen molar-refractivity contribution in [3.05, 3.63) is 60.4 Å². The summed E-state index contributed by atoms with van der Waals surface area (Å²) in [6.07, 6.45) is 3.79. The van der Waals surface area contributed by atoms with Gasteiger partial charge in [0.1, 0.15) is 5.65 Å². The van der Waals surface area contributed by atoms with Gasteiger partial charge in [-0.15, -0.1) is 0 Å². The van der Waals surface area contributed by atoms with Crippen molar-refractivity contribution >= 4 is 16.7 Å². The fourth-order valence-corrected chi connectivity index (χ4v) is 3.30. The summed E-state index contributed by atoms with van der Waals surface area (Å²) in [6.45, 7) is 1.83. The van der Waals surface area contributed by atoms with Crippen molar-refractivity contribution < 1.29 is 0 Å². The Morgan fingerprint density at radius 3 is 2.81 bits per heavy atom. The van der Waals surface area contributed by atoms with Gasteiger partial charge in [-0.3, -0.25) is 0 Å². The van der Waals surface area contributed by atoms with E-state index in [1.165, 1.54) is 16.6 Å². The first-order valence-corrected chi connectivity index (χ1v) is 7.30. The maximum atomic E-state index is 6.39. The van der Waals surface area contributed by atoms with Gasteiger partial charge in [0.2, 0.25) is 0 Å². The van der Waals surface area contributed by atoms with Gasteiger partial charge in [0.15, 0.2) is 0 Å². The number of fused-ring (bicyclic) bond motifs is 1. The maximum Gasteiger partial charge on any atom is 0.139 e. The van der Waals surface area contributed by atoms with Crippen LogP contribution in [0.5, 0.6) is 0 Å². The van der Waals surface area contributed by atoms with Gasteiger partial charge in [0.05, 0.1) is 0 Å². The second-order valence-corrected chi connectivity index (χ2v) is 5.66. The third kappa shape index (κ3) is 2.08. The molecule has 4 heteroatoms. The maximum absolute atomic E-state index is 6.39. The Morgan fingerprint density at radius 1 is 1.10 bits per heavy atom. The molecule has 2 aromatic heterocycles. The molecule has 0 bridgehead atoms. The van der Waals surface area contributed by atoms with E-state index in [2.05, 4.69) is 51.3 Å². The van der Waals surface area contributed by atoms with Crippen LogP contribution in [0.2, 0.25) is 0 Å². The predicted octanol–water partition coefficient (Wildman–Crippen LogP) is 2.49. The molecule has 0 amide bonds. The summed E-state index contributed by atoms with van der Waals surface area (Å²) in [7, 11) is 0. The summed E-state index contributed by atoms with van der Waals surface area (Å²) in [5, 5.41) is 1.17. The Balaban J connectivity index is 1.68. The van der Waals surface area contributed by atoms with Crippen molar-refractivity contribution in [2.75, 3.05) is 18.0 Å². The highest BCUT2D eigenvalue weighted by Crippen LogP contribution is 2.33. The van der Waals surface area contributed by atoms with Gasteiger partial charge in [0, 0.05) is 48.5 Å². The van der Waals surface area contributed by atoms with E-state index in [9.17, 15) is 0 Å². The molecule has 106 valence electrons. The first-order chi connectivity index (χ1) is 10.3. The highest BCUT2D eigenvalue weighted by Gasteiger charge is 2.32. The lowest BCUT2D eigenvalue weighted by Gasteiger charge is -2.19.